The summed E-state index contributed by atoms with van der Waals surface area (Å²) in [6.07, 6.45) is 9.70. The number of aromatic nitrogens is 1. The molecule has 0 atom stereocenters. The number of fused-ring (bicyclic) bond motifs is 3. The molecule has 1 heterocycles. The van der Waals surface area contributed by atoms with Crippen molar-refractivity contribution in [2.24, 2.45) is 5.41 Å². The molecule has 0 N–H and O–H groups in total. The van der Waals surface area contributed by atoms with Gasteiger partial charge in [0.1, 0.15) is 6.29 Å². The smallest absolute Gasteiger partial charge is 0.215 e. The fourth-order valence-corrected chi connectivity index (χ4v) is 3.89. The van der Waals surface area contributed by atoms with Gasteiger partial charge in [0.15, 0.2) is 0 Å². The number of carbonyl (C=O) groups is 1. The number of hydrogen-bond acceptors (Lipinski definition) is 3. The van der Waals surface area contributed by atoms with E-state index in [1.165, 1.54) is 11.8 Å². The van der Waals surface area contributed by atoms with E-state index in [0.29, 0.717) is 5.88 Å². The summed E-state index contributed by atoms with van der Waals surface area (Å²) in [6, 6.07) is 2.23. The fourth-order valence-electron chi connectivity index (χ4n) is 3.89. The average Bonchev–Trinajstić information content (AvgIpc) is 2.49. The number of carbonyl (C=O) groups excluding carboxylic acids is 1. The van der Waals surface area contributed by atoms with E-state index in [9.17, 15) is 4.79 Å². The molecule has 0 spiro atoms. The van der Waals surface area contributed by atoms with Crippen LogP contribution in [0.15, 0.2) is 12.3 Å². The summed E-state index contributed by atoms with van der Waals surface area (Å²) in [5, 5.41) is 0. The van der Waals surface area contributed by atoms with E-state index in [0.717, 1.165) is 44.1 Å². The molecule has 1 aromatic heterocycles. The number of hydrogen-bond donors (Lipinski definition) is 0. The molecule has 2 bridgehead atoms. The molecule has 3 saturated carbocycles. The number of aryl methyl sites for hydroxylation is 1. The molecule has 1 aromatic rings. The highest BCUT2D eigenvalue weighted by Gasteiger charge is 2.49. The Bertz CT molecular complexity index is 485. The Hall–Kier alpha value is -1.38. The summed E-state index contributed by atoms with van der Waals surface area (Å²) in [5.41, 5.74) is 2.70. The molecule has 4 rings (SSSR count). The molecular weight excluding hydrogens is 238 g/mol. The van der Waals surface area contributed by atoms with Crippen LogP contribution in [0.4, 0.5) is 0 Å². The van der Waals surface area contributed by atoms with Gasteiger partial charge in [0.2, 0.25) is 5.88 Å². The third-order valence-corrected chi connectivity index (χ3v) is 5.39. The number of ether oxygens (including phenoxy) is 1. The molecule has 0 saturated heterocycles. The molecule has 3 heteroatoms. The SMILES string of the molecule is COc1ncc(C23CCC(C=O)(CC2)CC3)cc1C. The van der Waals surface area contributed by atoms with Crippen LogP contribution in [-0.2, 0) is 10.2 Å². The number of pyridine rings is 1. The van der Waals surface area contributed by atoms with Crippen LogP contribution in [0.2, 0.25) is 0 Å². The zero-order valence-electron chi connectivity index (χ0n) is 11.7. The van der Waals surface area contributed by atoms with Gasteiger partial charge in [-0.2, -0.15) is 0 Å². The molecule has 0 amide bonds. The van der Waals surface area contributed by atoms with Crippen LogP contribution in [0.3, 0.4) is 0 Å². The van der Waals surface area contributed by atoms with E-state index in [1.54, 1.807) is 7.11 Å². The van der Waals surface area contributed by atoms with Gasteiger partial charge in [0, 0.05) is 17.2 Å². The zero-order chi connectivity index (χ0) is 13.5. The predicted octanol–water partition coefficient (Wildman–Crippen LogP) is 3.19. The van der Waals surface area contributed by atoms with Crippen LogP contribution >= 0.6 is 0 Å². The Morgan fingerprint density at radius 3 is 2.32 bits per heavy atom. The third-order valence-electron chi connectivity index (χ3n) is 5.39. The van der Waals surface area contributed by atoms with Crippen molar-refractivity contribution >= 4 is 6.29 Å². The quantitative estimate of drug-likeness (QED) is 0.783. The van der Waals surface area contributed by atoms with Crippen molar-refractivity contribution in [1.29, 1.82) is 0 Å². The number of aldehydes is 1. The Kier molecular flexibility index (Phi) is 2.88. The van der Waals surface area contributed by atoms with Crippen molar-refractivity contribution in [3.8, 4) is 5.88 Å². The third kappa shape index (κ3) is 1.87. The fraction of sp³-hybridized carbons (Fsp3) is 0.625. The van der Waals surface area contributed by atoms with Crippen molar-refractivity contribution in [1.82, 2.24) is 4.98 Å². The highest BCUT2D eigenvalue weighted by Crippen LogP contribution is 2.56. The van der Waals surface area contributed by atoms with E-state index >= 15 is 0 Å². The van der Waals surface area contributed by atoms with E-state index in [-0.39, 0.29) is 10.8 Å². The summed E-state index contributed by atoms with van der Waals surface area (Å²) in [6.45, 7) is 2.05. The summed E-state index contributed by atoms with van der Waals surface area (Å²) in [5.74, 6) is 0.717. The van der Waals surface area contributed by atoms with E-state index in [1.807, 2.05) is 13.1 Å². The highest BCUT2D eigenvalue weighted by molar-refractivity contribution is 5.60. The molecule has 3 aliphatic carbocycles. The predicted molar refractivity (Wildman–Crippen MR) is 73.4 cm³/mol. The monoisotopic (exact) mass is 259 g/mol. The largest absolute Gasteiger partial charge is 0.481 e. The lowest BCUT2D eigenvalue weighted by Crippen LogP contribution is -2.44. The van der Waals surface area contributed by atoms with Crippen LogP contribution in [-0.4, -0.2) is 18.4 Å². The maximum Gasteiger partial charge on any atom is 0.215 e. The molecule has 0 unspecified atom stereocenters. The normalized spacial score (nSPS) is 33.2. The number of rotatable bonds is 3. The summed E-state index contributed by atoms with van der Waals surface area (Å²) < 4.78 is 5.24. The van der Waals surface area contributed by atoms with Crippen molar-refractivity contribution in [3.63, 3.8) is 0 Å². The van der Waals surface area contributed by atoms with Gasteiger partial charge in [-0.25, -0.2) is 4.98 Å². The minimum Gasteiger partial charge on any atom is -0.481 e. The second-order valence-corrected chi connectivity index (χ2v) is 6.31. The second-order valence-electron chi connectivity index (χ2n) is 6.31. The Morgan fingerprint density at radius 2 is 1.84 bits per heavy atom. The van der Waals surface area contributed by atoms with Gasteiger partial charge in [-0.3, -0.25) is 0 Å². The van der Waals surface area contributed by atoms with Gasteiger partial charge in [-0.1, -0.05) is 0 Å². The first-order valence-corrected chi connectivity index (χ1v) is 7.11. The van der Waals surface area contributed by atoms with Crippen molar-refractivity contribution in [2.75, 3.05) is 7.11 Å². The molecule has 3 aliphatic rings. The zero-order valence-corrected chi connectivity index (χ0v) is 11.7. The topological polar surface area (TPSA) is 39.2 Å². The molecule has 0 aromatic carbocycles. The minimum atomic E-state index is -0.00328. The maximum absolute atomic E-state index is 11.3. The van der Waals surface area contributed by atoms with Gasteiger partial charge in [0.05, 0.1) is 7.11 Å². The van der Waals surface area contributed by atoms with E-state index in [4.69, 9.17) is 4.74 Å². The van der Waals surface area contributed by atoms with Gasteiger partial charge < -0.3 is 9.53 Å². The first kappa shape index (κ1) is 12.6. The van der Waals surface area contributed by atoms with Gasteiger partial charge in [-0.05, 0) is 62.5 Å². The van der Waals surface area contributed by atoms with Gasteiger partial charge >= 0.3 is 0 Å². The summed E-state index contributed by atoms with van der Waals surface area (Å²) >= 11 is 0. The first-order valence-electron chi connectivity index (χ1n) is 7.11. The summed E-state index contributed by atoms with van der Waals surface area (Å²) in [4.78, 5) is 15.7. The summed E-state index contributed by atoms with van der Waals surface area (Å²) in [7, 11) is 1.66. The molecule has 19 heavy (non-hydrogen) atoms. The highest BCUT2D eigenvalue weighted by atomic mass is 16.5. The first-order chi connectivity index (χ1) is 9.13. The lowest BCUT2D eigenvalue weighted by atomic mass is 9.52. The number of methoxy groups -OCH3 is 1. The second kappa shape index (κ2) is 4.32. The van der Waals surface area contributed by atoms with Crippen molar-refractivity contribution in [3.05, 3.63) is 23.4 Å². The Morgan fingerprint density at radius 1 is 1.21 bits per heavy atom. The van der Waals surface area contributed by atoms with Crippen LogP contribution < -0.4 is 4.74 Å². The minimum absolute atomic E-state index is 0.00328. The van der Waals surface area contributed by atoms with Gasteiger partial charge in [0.25, 0.3) is 0 Å². The van der Waals surface area contributed by atoms with Crippen LogP contribution in [0.25, 0.3) is 0 Å². The van der Waals surface area contributed by atoms with Crippen LogP contribution in [0.5, 0.6) is 5.88 Å². The van der Waals surface area contributed by atoms with Gasteiger partial charge in [-0.15, -0.1) is 0 Å². The Labute approximate surface area is 114 Å². The van der Waals surface area contributed by atoms with Crippen molar-refractivity contribution in [2.45, 2.75) is 50.9 Å². The van der Waals surface area contributed by atoms with E-state index < -0.39 is 0 Å². The molecule has 102 valence electrons. The average molecular weight is 259 g/mol. The van der Waals surface area contributed by atoms with Crippen LogP contribution in [0, 0.1) is 12.3 Å². The maximum atomic E-state index is 11.3. The Balaban J connectivity index is 1.91. The molecule has 3 fully saturated rings. The molecule has 3 nitrogen and oxygen atoms in total. The molecular formula is C16H21NO2. The standard InChI is InChI=1S/C16H21NO2/c1-12-9-13(10-17-14(12)19-2)16-6-3-15(11-18,4-7-16)5-8-16/h9-11H,3-8H2,1-2H3. The lowest BCUT2D eigenvalue weighted by Gasteiger charge is -2.51. The van der Waals surface area contributed by atoms with E-state index in [2.05, 4.69) is 11.1 Å². The lowest BCUT2D eigenvalue weighted by molar-refractivity contribution is -0.122. The number of nitrogens with zero attached hydrogens (tertiary/aromatic N) is 1. The molecule has 0 aliphatic heterocycles. The molecule has 0 radical (unpaired) electrons. The van der Waals surface area contributed by atoms with Crippen LogP contribution in [0.1, 0.15) is 49.7 Å². The van der Waals surface area contributed by atoms with Crippen molar-refractivity contribution < 1.29 is 9.53 Å².